The Morgan fingerprint density at radius 2 is 1.94 bits per heavy atom. The molecule has 0 radical (unpaired) electrons. The molecule has 0 aliphatic heterocycles. The summed E-state index contributed by atoms with van der Waals surface area (Å²) in [5.74, 6) is 0. The van der Waals surface area contributed by atoms with Crippen LogP contribution in [0.4, 0.5) is 0 Å². The van der Waals surface area contributed by atoms with Gasteiger partial charge in [-0.05, 0) is 45.1 Å². The van der Waals surface area contributed by atoms with Crippen LogP contribution in [0.2, 0.25) is 0 Å². The van der Waals surface area contributed by atoms with Gasteiger partial charge in [0.25, 0.3) is 0 Å². The molecule has 0 fully saturated rings. The molecule has 0 amide bonds. The number of hydrogen-bond donors (Lipinski definition) is 1. The van der Waals surface area contributed by atoms with E-state index in [-0.39, 0.29) is 0 Å². The second-order valence-electron chi connectivity index (χ2n) is 4.83. The van der Waals surface area contributed by atoms with Gasteiger partial charge in [-0.15, -0.1) is 0 Å². The summed E-state index contributed by atoms with van der Waals surface area (Å²) >= 11 is 0. The SMILES string of the molecule is CCNC(CN(C)CC)c1cc(C)ccc1C. The monoisotopic (exact) mass is 234 g/mol. The number of nitrogens with one attached hydrogen (secondary N) is 1. The van der Waals surface area contributed by atoms with Gasteiger partial charge in [0, 0.05) is 12.6 Å². The summed E-state index contributed by atoms with van der Waals surface area (Å²) in [6, 6.07) is 7.16. The van der Waals surface area contributed by atoms with Crippen molar-refractivity contribution in [1.29, 1.82) is 0 Å². The fraction of sp³-hybridized carbons (Fsp3) is 0.600. The van der Waals surface area contributed by atoms with Gasteiger partial charge >= 0.3 is 0 Å². The van der Waals surface area contributed by atoms with Crippen molar-refractivity contribution < 1.29 is 0 Å². The van der Waals surface area contributed by atoms with Crippen LogP contribution in [0.15, 0.2) is 18.2 Å². The molecule has 1 aromatic rings. The van der Waals surface area contributed by atoms with Crippen molar-refractivity contribution in [3.8, 4) is 0 Å². The Morgan fingerprint density at radius 3 is 2.53 bits per heavy atom. The van der Waals surface area contributed by atoms with Gasteiger partial charge in [-0.25, -0.2) is 0 Å². The summed E-state index contributed by atoms with van der Waals surface area (Å²) in [6.07, 6.45) is 0. The average molecular weight is 234 g/mol. The highest BCUT2D eigenvalue weighted by molar-refractivity contribution is 5.33. The molecular formula is C15H26N2. The van der Waals surface area contributed by atoms with E-state index < -0.39 is 0 Å². The predicted molar refractivity (Wildman–Crippen MR) is 75.5 cm³/mol. The standard InChI is InChI=1S/C15H26N2/c1-6-16-15(11-17(5)7-2)14-10-12(3)8-9-13(14)4/h8-10,15-16H,6-7,11H2,1-5H3. The van der Waals surface area contributed by atoms with Gasteiger partial charge in [0.1, 0.15) is 0 Å². The summed E-state index contributed by atoms with van der Waals surface area (Å²) in [4.78, 5) is 2.36. The van der Waals surface area contributed by atoms with E-state index in [9.17, 15) is 0 Å². The number of benzene rings is 1. The zero-order valence-corrected chi connectivity index (χ0v) is 11.9. The minimum Gasteiger partial charge on any atom is -0.309 e. The molecule has 0 bridgehead atoms. The first kappa shape index (κ1) is 14.2. The first-order valence-corrected chi connectivity index (χ1v) is 6.57. The van der Waals surface area contributed by atoms with Crippen LogP contribution < -0.4 is 5.32 Å². The van der Waals surface area contributed by atoms with Crippen LogP contribution >= 0.6 is 0 Å². The lowest BCUT2D eigenvalue weighted by Gasteiger charge is -2.25. The summed E-state index contributed by atoms with van der Waals surface area (Å²) in [7, 11) is 2.18. The maximum absolute atomic E-state index is 3.59. The molecule has 17 heavy (non-hydrogen) atoms. The Bertz CT molecular complexity index is 347. The van der Waals surface area contributed by atoms with Gasteiger partial charge in [-0.3, -0.25) is 0 Å². The maximum Gasteiger partial charge on any atom is 0.0451 e. The second kappa shape index (κ2) is 6.77. The van der Waals surface area contributed by atoms with Gasteiger partial charge in [0.2, 0.25) is 0 Å². The van der Waals surface area contributed by atoms with Crippen molar-refractivity contribution in [3.05, 3.63) is 34.9 Å². The summed E-state index contributed by atoms with van der Waals surface area (Å²) < 4.78 is 0. The lowest BCUT2D eigenvalue weighted by atomic mass is 9.98. The molecule has 1 N–H and O–H groups in total. The molecule has 2 nitrogen and oxygen atoms in total. The van der Waals surface area contributed by atoms with Gasteiger partial charge in [-0.1, -0.05) is 37.6 Å². The largest absolute Gasteiger partial charge is 0.309 e. The third kappa shape index (κ3) is 4.14. The minimum absolute atomic E-state index is 0.435. The lowest BCUT2D eigenvalue weighted by molar-refractivity contribution is 0.305. The normalized spacial score (nSPS) is 13.1. The summed E-state index contributed by atoms with van der Waals surface area (Å²) in [5, 5.41) is 3.59. The van der Waals surface area contributed by atoms with Crippen LogP contribution in [-0.2, 0) is 0 Å². The first-order valence-electron chi connectivity index (χ1n) is 6.57. The molecule has 2 heteroatoms. The van der Waals surface area contributed by atoms with Crippen molar-refractivity contribution in [3.63, 3.8) is 0 Å². The number of hydrogen-bond acceptors (Lipinski definition) is 2. The fourth-order valence-corrected chi connectivity index (χ4v) is 2.10. The fourth-order valence-electron chi connectivity index (χ4n) is 2.10. The average Bonchev–Trinajstić information content (AvgIpc) is 2.31. The highest BCUT2D eigenvalue weighted by Crippen LogP contribution is 2.20. The van der Waals surface area contributed by atoms with E-state index in [1.165, 1.54) is 16.7 Å². The van der Waals surface area contributed by atoms with Crippen LogP contribution in [0.1, 0.15) is 36.6 Å². The highest BCUT2D eigenvalue weighted by atomic mass is 15.1. The quantitative estimate of drug-likeness (QED) is 0.814. The third-order valence-corrected chi connectivity index (χ3v) is 3.29. The molecule has 0 heterocycles. The predicted octanol–water partition coefficient (Wildman–Crippen LogP) is 2.91. The molecule has 0 aliphatic rings. The Hall–Kier alpha value is -0.860. The van der Waals surface area contributed by atoms with E-state index >= 15 is 0 Å². The number of nitrogens with zero attached hydrogens (tertiary/aromatic N) is 1. The Balaban J connectivity index is 2.91. The van der Waals surface area contributed by atoms with Gasteiger partial charge in [0.05, 0.1) is 0 Å². The molecule has 1 aromatic carbocycles. The van der Waals surface area contributed by atoms with E-state index in [1.807, 2.05) is 0 Å². The number of aryl methyl sites for hydroxylation is 2. The van der Waals surface area contributed by atoms with Crippen LogP contribution in [0.25, 0.3) is 0 Å². The van der Waals surface area contributed by atoms with Crippen LogP contribution in [-0.4, -0.2) is 31.6 Å². The van der Waals surface area contributed by atoms with E-state index in [1.54, 1.807) is 0 Å². The summed E-state index contributed by atoms with van der Waals surface area (Å²) in [5.41, 5.74) is 4.16. The molecular weight excluding hydrogens is 208 g/mol. The van der Waals surface area contributed by atoms with Crippen molar-refractivity contribution in [2.75, 3.05) is 26.7 Å². The lowest BCUT2D eigenvalue weighted by Crippen LogP contribution is -2.33. The van der Waals surface area contributed by atoms with Crippen molar-refractivity contribution >= 4 is 0 Å². The van der Waals surface area contributed by atoms with Crippen LogP contribution in [0.5, 0.6) is 0 Å². The maximum atomic E-state index is 3.59. The molecule has 0 spiro atoms. The zero-order chi connectivity index (χ0) is 12.8. The van der Waals surface area contributed by atoms with Crippen molar-refractivity contribution in [1.82, 2.24) is 10.2 Å². The molecule has 1 rings (SSSR count). The molecule has 0 saturated carbocycles. The van der Waals surface area contributed by atoms with E-state index in [0.717, 1.165) is 19.6 Å². The topological polar surface area (TPSA) is 15.3 Å². The smallest absolute Gasteiger partial charge is 0.0451 e. The van der Waals surface area contributed by atoms with Crippen LogP contribution in [0, 0.1) is 13.8 Å². The van der Waals surface area contributed by atoms with Gasteiger partial charge in [-0.2, -0.15) is 0 Å². The van der Waals surface area contributed by atoms with Crippen LogP contribution in [0.3, 0.4) is 0 Å². The summed E-state index contributed by atoms with van der Waals surface area (Å²) in [6.45, 7) is 11.9. The van der Waals surface area contributed by atoms with Crippen molar-refractivity contribution in [2.45, 2.75) is 33.7 Å². The van der Waals surface area contributed by atoms with E-state index in [0.29, 0.717) is 6.04 Å². The second-order valence-corrected chi connectivity index (χ2v) is 4.83. The molecule has 1 unspecified atom stereocenters. The molecule has 0 saturated heterocycles. The third-order valence-electron chi connectivity index (χ3n) is 3.29. The minimum atomic E-state index is 0.435. The highest BCUT2D eigenvalue weighted by Gasteiger charge is 2.14. The number of rotatable bonds is 6. The van der Waals surface area contributed by atoms with Gasteiger partial charge in [0.15, 0.2) is 0 Å². The Morgan fingerprint density at radius 1 is 1.24 bits per heavy atom. The molecule has 1 atom stereocenters. The van der Waals surface area contributed by atoms with Crippen molar-refractivity contribution in [2.24, 2.45) is 0 Å². The van der Waals surface area contributed by atoms with E-state index in [2.05, 4.69) is 63.2 Å². The molecule has 96 valence electrons. The van der Waals surface area contributed by atoms with Gasteiger partial charge < -0.3 is 10.2 Å². The molecule has 0 aliphatic carbocycles. The zero-order valence-electron chi connectivity index (χ0n) is 11.9. The Kier molecular flexibility index (Phi) is 5.66. The van der Waals surface area contributed by atoms with E-state index in [4.69, 9.17) is 0 Å². The number of likely N-dealkylation sites (N-methyl/N-ethyl adjacent to an activating group) is 2. The molecule has 0 aromatic heterocycles. The Labute approximate surface area is 106 Å². The first-order chi connectivity index (χ1) is 8.08.